The van der Waals surface area contributed by atoms with Gasteiger partial charge in [0, 0.05) is 44.8 Å². The van der Waals surface area contributed by atoms with E-state index in [0.29, 0.717) is 5.92 Å². The minimum absolute atomic E-state index is 0.103. The monoisotopic (exact) mass is 740 g/mol. The molecule has 3 nitrogen and oxygen atoms in total. The Bertz CT molecular complexity index is 2750. The van der Waals surface area contributed by atoms with E-state index in [9.17, 15) is 0 Å². The molecule has 280 valence electrons. The van der Waals surface area contributed by atoms with E-state index in [0.717, 1.165) is 30.4 Å². The first kappa shape index (κ1) is 35.4. The van der Waals surface area contributed by atoms with Gasteiger partial charge < -0.3 is 14.2 Å². The molecule has 0 amide bonds. The predicted octanol–water partition coefficient (Wildman–Crippen LogP) is 13.4. The van der Waals surface area contributed by atoms with Gasteiger partial charge in [-0.25, -0.2) is 0 Å². The summed E-state index contributed by atoms with van der Waals surface area (Å²) in [7, 11) is 0. The maximum absolute atomic E-state index is 6.90. The molecule has 8 aromatic rings. The number of benzene rings is 7. The van der Waals surface area contributed by atoms with Crippen LogP contribution in [-0.4, -0.2) is 6.71 Å². The lowest BCUT2D eigenvalue weighted by Gasteiger charge is -2.45. The summed E-state index contributed by atoms with van der Waals surface area (Å²) < 4.78 is 6.90. The lowest BCUT2D eigenvalue weighted by Crippen LogP contribution is -2.61. The first-order chi connectivity index (χ1) is 28.2. The number of furan rings is 1. The third-order valence-electron chi connectivity index (χ3n) is 12.6. The zero-order valence-corrected chi connectivity index (χ0v) is 33.3. The van der Waals surface area contributed by atoms with Gasteiger partial charge in [-0.2, -0.15) is 0 Å². The van der Waals surface area contributed by atoms with Crippen molar-refractivity contribution in [2.24, 2.45) is 0 Å². The van der Waals surface area contributed by atoms with E-state index in [1.165, 1.54) is 109 Å². The maximum Gasteiger partial charge on any atom is 0.252 e. The molecule has 7 aromatic carbocycles. The van der Waals surface area contributed by atoms with Gasteiger partial charge in [0.25, 0.3) is 6.71 Å². The van der Waals surface area contributed by atoms with Crippen molar-refractivity contribution in [1.29, 1.82) is 0 Å². The fourth-order valence-corrected chi connectivity index (χ4v) is 10.1. The van der Waals surface area contributed by atoms with Crippen LogP contribution in [0.4, 0.5) is 34.1 Å². The molecule has 1 unspecified atom stereocenters. The molecule has 2 aliphatic heterocycles. The SMILES string of the molecule is CCCCCC(CC)c1cccc2c1oc1cccc(-c3ccccc3N3c4cccc5c4B(c4ccccc4N5c4ccccc4)c4cccc(CCC)c43)c12. The Hall–Kier alpha value is -6.00. The summed E-state index contributed by atoms with van der Waals surface area (Å²) in [5.74, 6) is 0.483. The Balaban J connectivity index is 1.22. The van der Waals surface area contributed by atoms with E-state index < -0.39 is 0 Å². The second kappa shape index (κ2) is 14.8. The van der Waals surface area contributed by atoms with Gasteiger partial charge >= 0.3 is 0 Å². The molecular weight excluding hydrogens is 691 g/mol. The van der Waals surface area contributed by atoms with Crippen LogP contribution in [-0.2, 0) is 6.42 Å². The van der Waals surface area contributed by atoms with E-state index in [-0.39, 0.29) is 6.71 Å². The largest absolute Gasteiger partial charge is 0.456 e. The van der Waals surface area contributed by atoms with Crippen LogP contribution in [0.1, 0.15) is 76.3 Å². The van der Waals surface area contributed by atoms with Crippen molar-refractivity contribution >= 4 is 79.2 Å². The van der Waals surface area contributed by atoms with Crippen LogP contribution in [0.3, 0.4) is 0 Å². The van der Waals surface area contributed by atoms with Gasteiger partial charge in [-0.05, 0) is 101 Å². The highest BCUT2D eigenvalue weighted by Gasteiger charge is 2.44. The Morgan fingerprint density at radius 3 is 2.07 bits per heavy atom. The quantitative estimate of drug-likeness (QED) is 0.0972. The molecule has 0 fully saturated rings. The van der Waals surface area contributed by atoms with Crippen LogP contribution in [0.5, 0.6) is 0 Å². The third kappa shape index (κ3) is 5.71. The lowest BCUT2D eigenvalue weighted by molar-refractivity contribution is 0.547. The first-order valence-electron chi connectivity index (χ1n) is 21.2. The van der Waals surface area contributed by atoms with E-state index >= 15 is 0 Å². The molecule has 0 radical (unpaired) electrons. The van der Waals surface area contributed by atoms with Gasteiger partial charge in [0.2, 0.25) is 0 Å². The number of anilines is 6. The predicted molar refractivity (Wildman–Crippen MR) is 244 cm³/mol. The van der Waals surface area contributed by atoms with Crippen molar-refractivity contribution in [1.82, 2.24) is 0 Å². The summed E-state index contributed by atoms with van der Waals surface area (Å²) in [6, 6.07) is 56.4. The molecule has 0 aliphatic carbocycles. The van der Waals surface area contributed by atoms with Crippen molar-refractivity contribution in [2.45, 2.75) is 71.6 Å². The average Bonchev–Trinajstić information content (AvgIpc) is 3.65. The minimum Gasteiger partial charge on any atom is -0.456 e. The van der Waals surface area contributed by atoms with Crippen molar-refractivity contribution < 1.29 is 4.42 Å². The molecule has 0 N–H and O–H groups in total. The standard InChI is InChI=1S/C53H49BN2O/c1-4-7-9-21-36(6-3)39-26-17-28-42-50-41(27-18-35-49(50)57-53(39)42)40-25-12-14-31-45(40)56-48-34-19-33-47-51(48)54(44-30-16-22-37(20-5-2)52(44)56)43-29-13-15-32-46(43)55(47)38-23-10-8-11-24-38/h8,10-19,22-36H,4-7,9,20-21H2,1-3H3. The fourth-order valence-electron chi connectivity index (χ4n) is 10.1. The molecule has 1 atom stereocenters. The van der Waals surface area contributed by atoms with Crippen LogP contribution in [0.25, 0.3) is 33.1 Å². The molecule has 57 heavy (non-hydrogen) atoms. The minimum atomic E-state index is 0.103. The smallest absolute Gasteiger partial charge is 0.252 e. The molecular formula is C53H49BN2O. The molecule has 4 heteroatoms. The van der Waals surface area contributed by atoms with Gasteiger partial charge in [-0.15, -0.1) is 0 Å². The van der Waals surface area contributed by atoms with Gasteiger partial charge in [0.05, 0.1) is 5.69 Å². The first-order valence-corrected chi connectivity index (χ1v) is 21.2. The Morgan fingerprint density at radius 1 is 0.561 bits per heavy atom. The number of aryl methyl sites for hydroxylation is 1. The number of hydrogen-bond donors (Lipinski definition) is 0. The average molecular weight is 741 g/mol. The summed E-state index contributed by atoms with van der Waals surface area (Å²) in [4.78, 5) is 5.08. The number of nitrogens with zero attached hydrogens (tertiary/aromatic N) is 2. The van der Waals surface area contributed by atoms with Gasteiger partial charge in [0.15, 0.2) is 0 Å². The summed E-state index contributed by atoms with van der Waals surface area (Å²) in [5, 5.41) is 2.40. The summed E-state index contributed by atoms with van der Waals surface area (Å²) in [6.45, 7) is 7.02. The highest BCUT2D eigenvalue weighted by atomic mass is 16.3. The number of rotatable bonds is 11. The van der Waals surface area contributed by atoms with Crippen molar-refractivity contribution in [3.05, 3.63) is 163 Å². The van der Waals surface area contributed by atoms with E-state index in [4.69, 9.17) is 4.42 Å². The molecule has 0 saturated heterocycles. The molecule has 0 saturated carbocycles. The topological polar surface area (TPSA) is 19.6 Å². The van der Waals surface area contributed by atoms with E-state index in [2.05, 4.69) is 182 Å². The fraction of sp³-hybridized carbons (Fsp3) is 0.208. The van der Waals surface area contributed by atoms with Crippen LogP contribution >= 0.6 is 0 Å². The molecule has 3 heterocycles. The van der Waals surface area contributed by atoms with Crippen molar-refractivity contribution in [2.75, 3.05) is 9.80 Å². The van der Waals surface area contributed by atoms with Crippen LogP contribution in [0.2, 0.25) is 0 Å². The van der Waals surface area contributed by atoms with Crippen LogP contribution < -0.4 is 26.2 Å². The van der Waals surface area contributed by atoms with E-state index in [1.807, 2.05) is 0 Å². The van der Waals surface area contributed by atoms with Crippen molar-refractivity contribution in [3.63, 3.8) is 0 Å². The zero-order chi connectivity index (χ0) is 38.5. The number of hydrogen-bond acceptors (Lipinski definition) is 3. The molecule has 1 aromatic heterocycles. The summed E-state index contributed by atoms with van der Waals surface area (Å²) >= 11 is 0. The second-order valence-corrected chi connectivity index (χ2v) is 15.9. The van der Waals surface area contributed by atoms with Gasteiger partial charge in [0.1, 0.15) is 11.2 Å². The zero-order valence-electron chi connectivity index (χ0n) is 33.3. The molecule has 0 bridgehead atoms. The summed E-state index contributed by atoms with van der Waals surface area (Å²) in [5.41, 5.74) is 18.6. The van der Waals surface area contributed by atoms with Gasteiger partial charge in [-0.3, -0.25) is 0 Å². The van der Waals surface area contributed by atoms with E-state index in [1.54, 1.807) is 0 Å². The Labute approximate surface area is 337 Å². The highest BCUT2D eigenvalue weighted by Crippen LogP contribution is 2.49. The van der Waals surface area contributed by atoms with Crippen LogP contribution in [0.15, 0.2) is 156 Å². The maximum atomic E-state index is 6.90. The molecule has 0 spiro atoms. The van der Waals surface area contributed by atoms with Crippen LogP contribution in [0, 0.1) is 0 Å². The number of unbranched alkanes of at least 4 members (excludes halogenated alkanes) is 2. The lowest BCUT2D eigenvalue weighted by atomic mass is 9.33. The Morgan fingerprint density at radius 2 is 1.25 bits per heavy atom. The molecule has 10 rings (SSSR count). The number of para-hydroxylation sites is 5. The van der Waals surface area contributed by atoms with Gasteiger partial charge in [-0.1, -0.05) is 156 Å². The molecule has 2 aliphatic rings. The highest BCUT2D eigenvalue weighted by molar-refractivity contribution is 7.00. The summed E-state index contributed by atoms with van der Waals surface area (Å²) in [6.07, 6.45) is 8.14. The second-order valence-electron chi connectivity index (χ2n) is 15.9. The Kier molecular flexibility index (Phi) is 9.21. The normalized spacial score (nSPS) is 13.5. The van der Waals surface area contributed by atoms with Crippen molar-refractivity contribution in [3.8, 4) is 11.1 Å². The number of fused-ring (bicyclic) bond motifs is 7. The third-order valence-corrected chi connectivity index (χ3v) is 12.6.